The Hall–Kier alpha value is -0.220. The van der Waals surface area contributed by atoms with E-state index in [1.54, 1.807) is 6.92 Å². The first-order valence-corrected chi connectivity index (χ1v) is 5.66. The summed E-state index contributed by atoms with van der Waals surface area (Å²) >= 11 is 1.42. The predicted molar refractivity (Wildman–Crippen MR) is 54.9 cm³/mol. The van der Waals surface area contributed by atoms with E-state index in [-0.39, 0.29) is 17.8 Å². The second kappa shape index (κ2) is 8.38. The lowest BCUT2D eigenvalue weighted by Crippen LogP contribution is -2.18. The molecule has 0 fully saturated rings. The van der Waals surface area contributed by atoms with Gasteiger partial charge in [0.25, 0.3) is 0 Å². The van der Waals surface area contributed by atoms with Gasteiger partial charge in [0, 0.05) is 5.75 Å². The topological polar surface area (TPSA) is 46.5 Å². The molecule has 0 saturated heterocycles. The van der Waals surface area contributed by atoms with Crippen LogP contribution in [0.2, 0.25) is 0 Å². The second-order valence-electron chi connectivity index (χ2n) is 2.76. The molecule has 0 aromatic heterocycles. The highest BCUT2D eigenvalue weighted by Crippen LogP contribution is 2.11. The molecule has 4 heteroatoms. The summed E-state index contributed by atoms with van der Waals surface area (Å²) in [5.41, 5.74) is 0. The van der Waals surface area contributed by atoms with Crippen molar-refractivity contribution >= 4 is 17.7 Å². The van der Waals surface area contributed by atoms with Crippen molar-refractivity contribution < 1.29 is 14.6 Å². The number of hydrogen-bond acceptors (Lipinski definition) is 4. The number of aliphatic hydroxyl groups excluding tert-OH is 1. The molecule has 0 amide bonds. The molecule has 0 aromatic carbocycles. The standard InChI is InChI=1S/C9H18O3S/c1-3-4-6-12-9(11)8(2)13-7-5-10/h8,10H,3-7H2,1-2H3. The number of thioether (sulfide) groups is 1. The average molecular weight is 206 g/mol. The Morgan fingerprint density at radius 3 is 2.85 bits per heavy atom. The van der Waals surface area contributed by atoms with Gasteiger partial charge in [-0.05, 0) is 13.3 Å². The summed E-state index contributed by atoms with van der Waals surface area (Å²) in [6.07, 6.45) is 1.95. The van der Waals surface area contributed by atoms with Gasteiger partial charge in [0.05, 0.1) is 18.5 Å². The quantitative estimate of drug-likeness (QED) is 0.506. The monoisotopic (exact) mass is 206 g/mol. The summed E-state index contributed by atoms with van der Waals surface area (Å²) in [5, 5.41) is 8.38. The molecule has 0 heterocycles. The van der Waals surface area contributed by atoms with Gasteiger partial charge in [-0.3, -0.25) is 4.79 Å². The van der Waals surface area contributed by atoms with Crippen molar-refractivity contribution in [2.24, 2.45) is 0 Å². The molecule has 13 heavy (non-hydrogen) atoms. The van der Waals surface area contributed by atoms with Crippen molar-refractivity contribution in [2.75, 3.05) is 19.0 Å². The van der Waals surface area contributed by atoms with Crippen LogP contribution in [0.3, 0.4) is 0 Å². The van der Waals surface area contributed by atoms with Crippen molar-refractivity contribution in [1.82, 2.24) is 0 Å². The fourth-order valence-corrected chi connectivity index (χ4v) is 1.40. The minimum absolute atomic E-state index is 0.108. The molecule has 0 aliphatic heterocycles. The molecule has 1 N–H and O–H groups in total. The van der Waals surface area contributed by atoms with Crippen LogP contribution in [0, 0.1) is 0 Å². The molecule has 0 rings (SSSR count). The molecule has 0 saturated carbocycles. The highest BCUT2D eigenvalue weighted by Gasteiger charge is 2.13. The molecule has 1 unspecified atom stereocenters. The number of unbranched alkanes of at least 4 members (excludes halogenated alkanes) is 1. The molecule has 0 spiro atoms. The molecular weight excluding hydrogens is 188 g/mol. The number of hydrogen-bond donors (Lipinski definition) is 1. The largest absolute Gasteiger partial charge is 0.465 e. The van der Waals surface area contributed by atoms with E-state index in [2.05, 4.69) is 6.92 Å². The van der Waals surface area contributed by atoms with E-state index in [1.165, 1.54) is 11.8 Å². The van der Waals surface area contributed by atoms with Crippen LogP contribution in [0.5, 0.6) is 0 Å². The van der Waals surface area contributed by atoms with Gasteiger partial charge < -0.3 is 9.84 Å². The van der Waals surface area contributed by atoms with Gasteiger partial charge in [0.15, 0.2) is 0 Å². The number of esters is 1. The predicted octanol–water partition coefficient (Wildman–Crippen LogP) is 1.44. The van der Waals surface area contributed by atoms with Gasteiger partial charge >= 0.3 is 5.97 Å². The minimum atomic E-state index is -0.174. The van der Waals surface area contributed by atoms with Crippen LogP contribution in [0.4, 0.5) is 0 Å². The summed E-state index contributed by atoms with van der Waals surface area (Å²) in [4.78, 5) is 11.2. The fourth-order valence-electron chi connectivity index (χ4n) is 0.732. The number of rotatable bonds is 7. The van der Waals surface area contributed by atoms with Crippen LogP contribution in [0.25, 0.3) is 0 Å². The van der Waals surface area contributed by atoms with Crippen molar-refractivity contribution in [3.63, 3.8) is 0 Å². The normalized spacial score (nSPS) is 12.5. The van der Waals surface area contributed by atoms with E-state index in [0.29, 0.717) is 12.4 Å². The summed E-state index contributed by atoms with van der Waals surface area (Å²) < 4.78 is 5.00. The van der Waals surface area contributed by atoms with Gasteiger partial charge in [-0.2, -0.15) is 0 Å². The zero-order valence-electron chi connectivity index (χ0n) is 8.28. The van der Waals surface area contributed by atoms with Crippen molar-refractivity contribution in [3.8, 4) is 0 Å². The maximum absolute atomic E-state index is 11.2. The van der Waals surface area contributed by atoms with E-state index in [4.69, 9.17) is 9.84 Å². The summed E-state index contributed by atoms with van der Waals surface area (Å²) in [7, 11) is 0. The zero-order valence-corrected chi connectivity index (χ0v) is 9.10. The minimum Gasteiger partial charge on any atom is -0.465 e. The fraction of sp³-hybridized carbons (Fsp3) is 0.889. The van der Waals surface area contributed by atoms with E-state index in [0.717, 1.165) is 12.8 Å². The van der Waals surface area contributed by atoms with Crippen molar-refractivity contribution in [2.45, 2.75) is 31.9 Å². The van der Waals surface area contributed by atoms with Gasteiger partial charge in [-0.25, -0.2) is 0 Å². The first-order valence-electron chi connectivity index (χ1n) is 4.61. The highest BCUT2D eigenvalue weighted by atomic mass is 32.2. The first-order chi connectivity index (χ1) is 6.22. The Bertz CT molecular complexity index is 139. The lowest BCUT2D eigenvalue weighted by atomic mass is 10.4. The first kappa shape index (κ1) is 12.8. The van der Waals surface area contributed by atoms with Crippen molar-refractivity contribution in [3.05, 3.63) is 0 Å². The Kier molecular flexibility index (Phi) is 8.24. The molecule has 0 radical (unpaired) electrons. The average Bonchev–Trinajstić information content (AvgIpc) is 2.14. The lowest BCUT2D eigenvalue weighted by Gasteiger charge is -2.09. The summed E-state index contributed by atoms with van der Waals surface area (Å²) in [5.74, 6) is 0.413. The van der Waals surface area contributed by atoms with Crippen molar-refractivity contribution in [1.29, 1.82) is 0 Å². The maximum atomic E-state index is 11.2. The van der Waals surface area contributed by atoms with Gasteiger partial charge in [-0.1, -0.05) is 13.3 Å². The van der Waals surface area contributed by atoms with Gasteiger partial charge in [-0.15, -0.1) is 11.8 Å². The molecular formula is C9H18O3S. The Balaban J connectivity index is 3.45. The van der Waals surface area contributed by atoms with Gasteiger partial charge in [0.2, 0.25) is 0 Å². The van der Waals surface area contributed by atoms with E-state index >= 15 is 0 Å². The summed E-state index contributed by atoms with van der Waals surface area (Å²) in [6, 6.07) is 0. The van der Waals surface area contributed by atoms with E-state index in [1.807, 2.05) is 0 Å². The van der Waals surface area contributed by atoms with Crippen LogP contribution >= 0.6 is 11.8 Å². The Morgan fingerprint density at radius 2 is 2.31 bits per heavy atom. The third kappa shape index (κ3) is 6.90. The van der Waals surface area contributed by atoms with E-state index < -0.39 is 0 Å². The van der Waals surface area contributed by atoms with Crippen LogP contribution in [0.1, 0.15) is 26.7 Å². The van der Waals surface area contributed by atoms with Gasteiger partial charge in [0.1, 0.15) is 0 Å². The SMILES string of the molecule is CCCCOC(=O)C(C)SCCO. The van der Waals surface area contributed by atoms with E-state index in [9.17, 15) is 4.79 Å². The third-order valence-electron chi connectivity index (χ3n) is 1.53. The Labute approximate surface area is 83.9 Å². The molecule has 3 nitrogen and oxygen atoms in total. The second-order valence-corrected chi connectivity index (χ2v) is 4.21. The number of aliphatic hydroxyl groups is 1. The molecule has 0 aromatic rings. The van der Waals surface area contributed by atoms with Crippen LogP contribution in [-0.2, 0) is 9.53 Å². The number of ether oxygens (including phenoxy) is 1. The lowest BCUT2D eigenvalue weighted by molar-refractivity contribution is -0.142. The number of carbonyl (C=O) groups is 1. The highest BCUT2D eigenvalue weighted by molar-refractivity contribution is 8.00. The van der Waals surface area contributed by atoms with Crippen LogP contribution in [-0.4, -0.2) is 35.3 Å². The molecule has 78 valence electrons. The maximum Gasteiger partial charge on any atom is 0.318 e. The molecule has 1 atom stereocenters. The number of carbonyl (C=O) groups excluding carboxylic acids is 1. The Morgan fingerprint density at radius 1 is 1.62 bits per heavy atom. The third-order valence-corrected chi connectivity index (χ3v) is 2.64. The molecule has 0 aliphatic carbocycles. The van der Waals surface area contributed by atoms with Crippen LogP contribution < -0.4 is 0 Å². The smallest absolute Gasteiger partial charge is 0.318 e. The van der Waals surface area contributed by atoms with Crippen LogP contribution in [0.15, 0.2) is 0 Å². The molecule has 0 aliphatic rings. The zero-order chi connectivity index (χ0) is 10.1. The summed E-state index contributed by atoms with van der Waals surface area (Å²) in [6.45, 7) is 4.48. The molecule has 0 bridgehead atoms.